The Hall–Kier alpha value is -2.84. The van der Waals surface area contributed by atoms with Gasteiger partial charge < -0.3 is 14.4 Å². The predicted octanol–water partition coefficient (Wildman–Crippen LogP) is 3.47. The standard InChI is InChI=1S/C23H25NO6S/c1-4-30-21-11-16-12-22(31(26,27)28)20-10-17(15-5-7-18(29-3)8-6-15)13-24(20)23(25)19(16)9-14(21)2/h5-9,11,13,20,22H,4,10,12H2,1-3H3,(H,26,27,28)/t20-,22?/m0/s1. The molecular formula is C23H25NO6S. The molecule has 2 aliphatic rings. The number of ether oxygens (including phenoxy) is 2. The number of hydrogen-bond acceptors (Lipinski definition) is 5. The van der Waals surface area contributed by atoms with Gasteiger partial charge in [-0.05, 0) is 73.2 Å². The summed E-state index contributed by atoms with van der Waals surface area (Å²) in [6.45, 7) is 4.17. The Morgan fingerprint density at radius 3 is 2.48 bits per heavy atom. The largest absolute Gasteiger partial charge is 0.497 e. The highest BCUT2D eigenvalue weighted by molar-refractivity contribution is 7.86. The van der Waals surface area contributed by atoms with Gasteiger partial charge in [0.25, 0.3) is 16.0 Å². The van der Waals surface area contributed by atoms with Crippen LogP contribution in [0.2, 0.25) is 0 Å². The van der Waals surface area contributed by atoms with E-state index in [9.17, 15) is 17.8 Å². The van der Waals surface area contributed by atoms with Gasteiger partial charge in [0.05, 0.1) is 19.8 Å². The summed E-state index contributed by atoms with van der Waals surface area (Å²) < 4.78 is 45.6. The van der Waals surface area contributed by atoms with Gasteiger partial charge in [0.2, 0.25) is 0 Å². The first-order chi connectivity index (χ1) is 14.7. The second-order valence-corrected chi connectivity index (χ2v) is 9.47. The van der Waals surface area contributed by atoms with Crippen molar-refractivity contribution in [3.05, 3.63) is 64.9 Å². The molecule has 8 heteroatoms. The van der Waals surface area contributed by atoms with Gasteiger partial charge in [0, 0.05) is 11.8 Å². The molecule has 31 heavy (non-hydrogen) atoms. The molecular weight excluding hydrogens is 418 g/mol. The highest BCUT2D eigenvalue weighted by Gasteiger charge is 2.45. The summed E-state index contributed by atoms with van der Waals surface area (Å²) in [7, 11) is -2.83. The summed E-state index contributed by atoms with van der Waals surface area (Å²) >= 11 is 0. The van der Waals surface area contributed by atoms with Crippen molar-refractivity contribution in [2.45, 2.75) is 38.0 Å². The zero-order chi connectivity index (χ0) is 22.3. The number of nitrogens with zero attached hydrogens (tertiary/aromatic N) is 1. The van der Waals surface area contributed by atoms with E-state index in [2.05, 4.69) is 0 Å². The Morgan fingerprint density at radius 2 is 1.87 bits per heavy atom. The number of aryl methyl sites for hydroxylation is 1. The molecule has 0 spiro atoms. The third-order valence-corrected chi connectivity index (χ3v) is 7.19. The van der Waals surface area contributed by atoms with Crippen molar-refractivity contribution < 1.29 is 27.2 Å². The number of hydrogen-bond donors (Lipinski definition) is 1. The predicted molar refractivity (Wildman–Crippen MR) is 117 cm³/mol. The summed E-state index contributed by atoms with van der Waals surface area (Å²) in [5.74, 6) is 1.04. The smallest absolute Gasteiger partial charge is 0.270 e. The third-order valence-electron chi connectivity index (χ3n) is 5.94. The van der Waals surface area contributed by atoms with Crippen molar-refractivity contribution in [1.29, 1.82) is 0 Å². The second-order valence-electron chi connectivity index (χ2n) is 7.83. The molecule has 0 bridgehead atoms. The average Bonchev–Trinajstić information content (AvgIpc) is 3.13. The summed E-state index contributed by atoms with van der Waals surface area (Å²) in [4.78, 5) is 14.9. The quantitative estimate of drug-likeness (QED) is 0.712. The van der Waals surface area contributed by atoms with Crippen LogP contribution in [0, 0.1) is 6.92 Å². The van der Waals surface area contributed by atoms with Gasteiger partial charge in [-0.3, -0.25) is 9.35 Å². The summed E-state index contributed by atoms with van der Waals surface area (Å²) in [6.07, 6.45) is 2.06. The highest BCUT2D eigenvalue weighted by Crippen LogP contribution is 2.39. The Kier molecular flexibility index (Phi) is 5.53. The summed E-state index contributed by atoms with van der Waals surface area (Å²) in [6, 6.07) is 10.1. The zero-order valence-electron chi connectivity index (χ0n) is 17.7. The fourth-order valence-electron chi connectivity index (χ4n) is 4.36. The molecule has 0 saturated carbocycles. The van der Waals surface area contributed by atoms with Crippen LogP contribution in [0.15, 0.2) is 42.6 Å². The van der Waals surface area contributed by atoms with Crippen LogP contribution in [-0.4, -0.2) is 48.8 Å². The molecule has 2 aliphatic heterocycles. The first kappa shape index (κ1) is 21.4. The molecule has 1 unspecified atom stereocenters. The first-order valence-electron chi connectivity index (χ1n) is 10.1. The summed E-state index contributed by atoms with van der Waals surface area (Å²) in [5.41, 5.74) is 3.51. The van der Waals surface area contributed by atoms with Crippen LogP contribution in [0.1, 0.15) is 40.4 Å². The molecule has 4 rings (SSSR count). The molecule has 0 aliphatic carbocycles. The molecule has 2 heterocycles. The van der Waals surface area contributed by atoms with Gasteiger partial charge in [-0.15, -0.1) is 0 Å². The number of carbonyl (C=O) groups is 1. The molecule has 1 amide bonds. The number of carbonyl (C=O) groups excluding carboxylic acids is 1. The number of amides is 1. The van der Waals surface area contributed by atoms with E-state index in [0.29, 0.717) is 35.7 Å². The van der Waals surface area contributed by atoms with Crippen LogP contribution >= 0.6 is 0 Å². The molecule has 0 saturated heterocycles. The lowest BCUT2D eigenvalue weighted by atomic mass is 9.96. The fraction of sp³-hybridized carbons (Fsp3) is 0.348. The van der Waals surface area contributed by atoms with Crippen molar-refractivity contribution in [3.8, 4) is 11.5 Å². The molecule has 0 fully saturated rings. The highest BCUT2D eigenvalue weighted by atomic mass is 32.2. The molecule has 0 radical (unpaired) electrons. The van der Waals surface area contributed by atoms with Crippen LogP contribution in [0.4, 0.5) is 0 Å². The first-order valence-corrected chi connectivity index (χ1v) is 11.6. The van der Waals surface area contributed by atoms with Crippen LogP contribution in [0.25, 0.3) is 5.57 Å². The van der Waals surface area contributed by atoms with E-state index in [1.807, 2.05) is 38.1 Å². The molecule has 0 aromatic heterocycles. The van der Waals surface area contributed by atoms with Gasteiger partial charge in [0.1, 0.15) is 16.7 Å². The van der Waals surface area contributed by atoms with E-state index in [-0.39, 0.29) is 12.3 Å². The normalized spacial score (nSPS) is 20.6. The Balaban J connectivity index is 1.80. The molecule has 164 valence electrons. The van der Waals surface area contributed by atoms with Gasteiger partial charge in [-0.25, -0.2) is 0 Å². The van der Waals surface area contributed by atoms with E-state index in [1.54, 1.807) is 25.4 Å². The lowest BCUT2D eigenvalue weighted by Crippen LogP contribution is -2.43. The minimum atomic E-state index is -4.41. The molecule has 2 aromatic rings. The molecule has 2 aromatic carbocycles. The average molecular weight is 444 g/mol. The number of fused-ring (bicyclic) bond motifs is 2. The van der Waals surface area contributed by atoms with Gasteiger partial charge in [0.15, 0.2) is 0 Å². The van der Waals surface area contributed by atoms with Crippen molar-refractivity contribution in [2.24, 2.45) is 0 Å². The Morgan fingerprint density at radius 1 is 1.16 bits per heavy atom. The Bertz CT molecular complexity index is 1150. The number of rotatable bonds is 5. The van der Waals surface area contributed by atoms with E-state index >= 15 is 0 Å². The minimum absolute atomic E-state index is 0.0329. The van der Waals surface area contributed by atoms with Crippen molar-refractivity contribution in [2.75, 3.05) is 13.7 Å². The van der Waals surface area contributed by atoms with Gasteiger partial charge in [-0.2, -0.15) is 8.42 Å². The second kappa shape index (κ2) is 8.01. The van der Waals surface area contributed by atoms with E-state index < -0.39 is 21.4 Å². The monoisotopic (exact) mass is 443 g/mol. The maximum Gasteiger partial charge on any atom is 0.270 e. The molecule has 1 N–H and O–H groups in total. The molecule has 7 nitrogen and oxygen atoms in total. The Labute approximate surface area is 182 Å². The topological polar surface area (TPSA) is 93.1 Å². The van der Waals surface area contributed by atoms with Gasteiger partial charge in [-0.1, -0.05) is 12.1 Å². The van der Waals surface area contributed by atoms with Gasteiger partial charge >= 0.3 is 0 Å². The van der Waals surface area contributed by atoms with Crippen molar-refractivity contribution in [3.63, 3.8) is 0 Å². The van der Waals surface area contributed by atoms with E-state index in [0.717, 1.165) is 16.7 Å². The SMILES string of the molecule is CCOc1cc2c(cc1C)C(=O)N1C=C(c3ccc(OC)cc3)C[C@H]1C(S(=O)(=O)O)C2. The maximum atomic E-state index is 13.4. The van der Waals surface area contributed by atoms with Crippen molar-refractivity contribution in [1.82, 2.24) is 4.90 Å². The van der Waals surface area contributed by atoms with Crippen LogP contribution in [0.3, 0.4) is 0 Å². The zero-order valence-corrected chi connectivity index (χ0v) is 18.5. The van der Waals surface area contributed by atoms with E-state index in [4.69, 9.17) is 9.47 Å². The lowest BCUT2D eigenvalue weighted by molar-refractivity contribution is 0.0789. The van der Waals surface area contributed by atoms with Crippen LogP contribution < -0.4 is 9.47 Å². The fourth-order valence-corrected chi connectivity index (χ4v) is 5.38. The lowest BCUT2D eigenvalue weighted by Gasteiger charge is -2.26. The van der Waals surface area contributed by atoms with Crippen LogP contribution in [0.5, 0.6) is 11.5 Å². The number of benzene rings is 2. The maximum absolute atomic E-state index is 13.4. The third kappa shape index (κ3) is 3.93. The minimum Gasteiger partial charge on any atom is -0.497 e. The van der Waals surface area contributed by atoms with Crippen LogP contribution in [-0.2, 0) is 16.5 Å². The van der Waals surface area contributed by atoms with E-state index in [1.165, 1.54) is 4.90 Å². The van der Waals surface area contributed by atoms with Crippen molar-refractivity contribution >= 4 is 21.6 Å². The molecule has 2 atom stereocenters. The number of methoxy groups -OCH3 is 1. The summed E-state index contributed by atoms with van der Waals surface area (Å²) in [5, 5.41) is -1.14.